The molecule has 1 fully saturated rings. The van der Waals surface area contributed by atoms with Crippen LogP contribution in [-0.4, -0.2) is 36.8 Å². The number of nitrogens with zero attached hydrogens (tertiary/aromatic N) is 3. The summed E-state index contributed by atoms with van der Waals surface area (Å²) >= 11 is 5.86. The van der Waals surface area contributed by atoms with Crippen molar-refractivity contribution < 1.29 is 4.74 Å². The molecule has 1 aromatic rings. The smallest absolute Gasteiger partial charge is 0.134 e. The van der Waals surface area contributed by atoms with Gasteiger partial charge in [-0.2, -0.15) is 0 Å². The number of hydrogen-bond donors (Lipinski definition) is 0. The van der Waals surface area contributed by atoms with E-state index in [0.717, 1.165) is 25.5 Å². The molecule has 0 bridgehead atoms. The predicted octanol–water partition coefficient (Wildman–Crippen LogP) is 1.99. The van der Waals surface area contributed by atoms with Gasteiger partial charge in [-0.15, -0.1) is 0 Å². The molecule has 0 spiro atoms. The van der Waals surface area contributed by atoms with E-state index in [-0.39, 0.29) is 0 Å². The van der Waals surface area contributed by atoms with Crippen LogP contribution in [0.3, 0.4) is 0 Å². The molecule has 16 heavy (non-hydrogen) atoms. The standard InChI is InChI=1S/C11H16ClN3O/c1-16-7-9-3-2-4-15(6-9)11-5-10(12)13-8-14-11/h5,8-9H,2-4,6-7H2,1H3/t9-/m1/s1. The maximum Gasteiger partial charge on any atom is 0.134 e. The van der Waals surface area contributed by atoms with Crippen molar-refractivity contribution in [2.75, 3.05) is 31.7 Å². The lowest BCUT2D eigenvalue weighted by Crippen LogP contribution is -2.37. The summed E-state index contributed by atoms with van der Waals surface area (Å²) in [6.07, 6.45) is 3.91. The number of halogens is 1. The van der Waals surface area contributed by atoms with Gasteiger partial charge >= 0.3 is 0 Å². The first-order valence-electron chi connectivity index (χ1n) is 5.51. The third-order valence-corrected chi connectivity index (χ3v) is 3.07. The van der Waals surface area contributed by atoms with Gasteiger partial charge in [0.1, 0.15) is 17.3 Å². The highest BCUT2D eigenvalue weighted by molar-refractivity contribution is 6.29. The minimum atomic E-state index is 0.499. The third-order valence-electron chi connectivity index (χ3n) is 2.86. The SMILES string of the molecule is COC[C@@H]1CCCN(c2cc(Cl)ncn2)C1. The first kappa shape index (κ1) is 11.6. The van der Waals surface area contributed by atoms with Gasteiger partial charge in [-0.1, -0.05) is 11.6 Å². The van der Waals surface area contributed by atoms with Gasteiger partial charge in [0.2, 0.25) is 0 Å². The van der Waals surface area contributed by atoms with Gasteiger partial charge in [0.15, 0.2) is 0 Å². The highest BCUT2D eigenvalue weighted by atomic mass is 35.5. The fourth-order valence-corrected chi connectivity index (χ4v) is 2.28. The molecule has 0 aliphatic carbocycles. The van der Waals surface area contributed by atoms with Gasteiger partial charge < -0.3 is 9.64 Å². The third kappa shape index (κ3) is 2.83. The highest BCUT2D eigenvalue weighted by Gasteiger charge is 2.20. The maximum atomic E-state index is 5.86. The van der Waals surface area contributed by atoms with Gasteiger partial charge in [0.25, 0.3) is 0 Å². The zero-order chi connectivity index (χ0) is 11.4. The van der Waals surface area contributed by atoms with Crippen LogP contribution in [0.15, 0.2) is 12.4 Å². The Labute approximate surface area is 101 Å². The van der Waals surface area contributed by atoms with E-state index < -0.39 is 0 Å². The van der Waals surface area contributed by atoms with E-state index in [1.807, 2.05) is 6.07 Å². The minimum Gasteiger partial charge on any atom is -0.384 e. The quantitative estimate of drug-likeness (QED) is 0.759. The van der Waals surface area contributed by atoms with E-state index in [1.54, 1.807) is 7.11 Å². The van der Waals surface area contributed by atoms with Crippen LogP contribution in [0, 0.1) is 5.92 Å². The van der Waals surface area contributed by atoms with E-state index in [2.05, 4.69) is 14.9 Å². The molecule has 0 radical (unpaired) electrons. The van der Waals surface area contributed by atoms with Crippen molar-refractivity contribution in [2.24, 2.45) is 5.92 Å². The fourth-order valence-electron chi connectivity index (χ4n) is 2.14. The molecule has 1 aliphatic heterocycles. The zero-order valence-corrected chi connectivity index (χ0v) is 10.2. The van der Waals surface area contributed by atoms with Gasteiger partial charge in [0, 0.05) is 26.3 Å². The maximum absolute atomic E-state index is 5.86. The Balaban J connectivity index is 2.03. The number of aromatic nitrogens is 2. The van der Waals surface area contributed by atoms with Crippen LogP contribution >= 0.6 is 11.6 Å². The van der Waals surface area contributed by atoms with Crippen molar-refractivity contribution in [3.63, 3.8) is 0 Å². The van der Waals surface area contributed by atoms with Crippen molar-refractivity contribution in [1.29, 1.82) is 0 Å². The average Bonchev–Trinajstić information content (AvgIpc) is 2.30. The first-order chi connectivity index (χ1) is 7.79. The Bertz CT molecular complexity index is 346. The lowest BCUT2D eigenvalue weighted by Gasteiger charge is -2.33. The number of rotatable bonds is 3. The molecule has 4 nitrogen and oxygen atoms in total. The van der Waals surface area contributed by atoms with Crippen LogP contribution in [0.25, 0.3) is 0 Å². The van der Waals surface area contributed by atoms with Crippen LogP contribution in [0.2, 0.25) is 5.15 Å². The van der Waals surface area contributed by atoms with Crippen molar-refractivity contribution >= 4 is 17.4 Å². The summed E-state index contributed by atoms with van der Waals surface area (Å²) in [5, 5.41) is 0.499. The molecular weight excluding hydrogens is 226 g/mol. The molecule has 88 valence electrons. The molecule has 0 aromatic carbocycles. The summed E-state index contributed by atoms with van der Waals surface area (Å²) in [6.45, 7) is 2.84. The molecule has 0 N–H and O–H groups in total. The zero-order valence-electron chi connectivity index (χ0n) is 9.40. The number of methoxy groups -OCH3 is 1. The molecule has 5 heteroatoms. The van der Waals surface area contributed by atoms with Gasteiger partial charge in [-0.25, -0.2) is 9.97 Å². The first-order valence-corrected chi connectivity index (χ1v) is 5.89. The number of hydrogen-bond acceptors (Lipinski definition) is 4. The topological polar surface area (TPSA) is 38.2 Å². The Hall–Kier alpha value is -0.870. The van der Waals surface area contributed by atoms with Crippen LogP contribution in [0.4, 0.5) is 5.82 Å². The molecule has 1 saturated heterocycles. The highest BCUT2D eigenvalue weighted by Crippen LogP contribution is 2.22. The molecule has 0 unspecified atom stereocenters. The van der Waals surface area contributed by atoms with Crippen LogP contribution in [-0.2, 0) is 4.74 Å². The number of anilines is 1. The number of piperidine rings is 1. The van der Waals surface area contributed by atoms with Crippen molar-refractivity contribution in [3.8, 4) is 0 Å². The molecular formula is C11H16ClN3O. The molecule has 0 amide bonds. The van der Waals surface area contributed by atoms with Crippen molar-refractivity contribution in [2.45, 2.75) is 12.8 Å². The molecule has 2 rings (SSSR count). The lowest BCUT2D eigenvalue weighted by molar-refractivity contribution is 0.143. The number of ether oxygens (including phenoxy) is 1. The van der Waals surface area contributed by atoms with Crippen molar-refractivity contribution in [3.05, 3.63) is 17.5 Å². The summed E-state index contributed by atoms with van der Waals surface area (Å²) in [5.41, 5.74) is 0. The summed E-state index contributed by atoms with van der Waals surface area (Å²) < 4.78 is 5.20. The normalized spacial score (nSPS) is 21.1. The van der Waals surface area contributed by atoms with Gasteiger partial charge in [-0.3, -0.25) is 0 Å². The van der Waals surface area contributed by atoms with Crippen molar-refractivity contribution in [1.82, 2.24) is 9.97 Å². The van der Waals surface area contributed by atoms with Gasteiger partial charge in [-0.05, 0) is 18.8 Å². The van der Waals surface area contributed by atoms with Crippen LogP contribution in [0.1, 0.15) is 12.8 Å². The second-order valence-corrected chi connectivity index (χ2v) is 4.50. The lowest BCUT2D eigenvalue weighted by atomic mass is 9.99. The monoisotopic (exact) mass is 241 g/mol. The van der Waals surface area contributed by atoms with E-state index in [4.69, 9.17) is 16.3 Å². The molecule has 1 atom stereocenters. The van der Waals surface area contributed by atoms with E-state index in [9.17, 15) is 0 Å². The molecule has 2 heterocycles. The summed E-state index contributed by atoms with van der Waals surface area (Å²) in [4.78, 5) is 10.4. The summed E-state index contributed by atoms with van der Waals surface area (Å²) in [6, 6.07) is 1.82. The Morgan fingerprint density at radius 2 is 2.44 bits per heavy atom. The molecule has 1 aromatic heterocycles. The van der Waals surface area contributed by atoms with E-state index in [0.29, 0.717) is 11.1 Å². The fraction of sp³-hybridized carbons (Fsp3) is 0.636. The second-order valence-electron chi connectivity index (χ2n) is 4.11. The Kier molecular flexibility index (Phi) is 3.96. The molecule has 1 aliphatic rings. The van der Waals surface area contributed by atoms with Gasteiger partial charge in [0.05, 0.1) is 6.61 Å². The van der Waals surface area contributed by atoms with Crippen LogP contribution in [0.5, 0.6) is 0 Å². The minimum absolute atomic E-state index is 0.499. The summed E-state index contributed by atoms with van der Waals surface area (Å²) in [7, 11) is 1.75. The average molecular weight is 242 g/mol. The summed E-state index contributed by atoms with van der Waals surface area (Å²) in [5.74, 6) is 1.51. The predicted molar refractivity (Wildman–Crippen MR) is 63.9 cm³/mol. The second kappa shape index (κ2) is 5.46. The Morgan fingerprint density at radius 1 is 1.56 bits per heavy atom. The van der Waals surface area contributed by atoms with Crippen LogP contribution < -0.4 is 4.90 Å². The Morgan fingerprint density at radius 3 is 3.19 bits per heavy atom. The van der Waals surface area contributed by atoms with E-state index in [1.165, 1.54) is 19.2 Å². The largest absolute Gasteiger partial charge is 0.384 e. The van der Waals surface area contributed by atoms with E-state index >= 15 is 0 Å². The molecule has 0 saturated carbocycles.